The molecule has 0 bridgehead atoms. The van der Waals surface area contributed by atoms with Crippen LogP contribution < -0.4 is 20.7 Å². The van der Waals surface area contributed by atoms with Crippen molar-refractivity contribution in [3.8, 4) is 0 Å². The van der Waals surface area contributed by atoms with Crippen LogP contribution in [0.2, 0.25) is 0 Å². The summed E-state index contributed by atoms with van der Waals surface area (Å²) in [7, 11) is 4.01. The third kappa shape index (κ3) is 5.89. The van der Waals surface area contributed by atoms with E-state index in [1.165, 1.54) is 5.56 Å². The second-order valence-corrected chi connectivity index (χ2v) is 6.39. The Balaban J connectivity index is 1.83. The zero-order chi connectivity index (χ0) is 18.9. The smallest absolute Gasteiger partial charge is 0.293 e. The van der Waals surface area contributed by atoms with Crippen molar-refractivity contribution in [2.24, 2.45) is 0 Å². The van der Waals surface area contributed by atoms with Gasteiger partial charge >= 0.3 is 0 Å². The Kier molecular flexibility index (Phi) is 7.17. The molecule has 138 valence electrons. The van der Waals surface area contributed by atoms with Crippen molar-refractivity contribution in [2.45, 2.75) is 13.5 Å². The third-order valence-electron chi connectivity index (χ3n) is 4.17. The van der Waals surface area contributed by atoms with Gasteiger partial charge in [-0.15, -0.1) is 0 Å². The van der Waals surface area contributed by atoms with Gasteiger partial charge in [0.05, 0.1) is 6.54 Å². The number of carbonyl (C=O) groups excluding carboxylic acids is 2. The maximum atomic E-state index is 12.1. The van der Waals surface area contributed by atoms with Gasteiger partial charge in [0.25, 0.3) is 11.8 Å². The van der Waals surface area contributed by atoms with E-state index in [4.69, 9.17) is 0 Å². The lowest BCUT2D eigenvalue weighted by molar-refractivity contribution is -0.904. The van der Waals surface area contributed by atoms with E-state index >= 15 is 0 Å². The zero-order valence-electron chi connectivity index (χ0n) is 15.6. The van der Waals surface area contributed by atoms with E-state index in [0.717, 1.165) is 23.7 Å². The van der Waals surface area contributed by atoms with E-state index in [-0.39, 0.29) is 11.8 Å². The van der Waals surface area contributed by atoms with Crippen LogP contribution >= 0.6 is 0 Å². The Morgan fingerprint density at radius 3 is 2.19 bits per heavy atom. The Bertz CT molecular complexity index is 714. The molecule has 2 aromatic carbocycles. The van der Waals surface area contributed by atoms with Crippen molar-refractivity contribution in [1.29, 1.82) is 0 Å². The average Bonchev–Trinajstić information content (AvgIpc) is 2.66. The molecule has 0 saturated carbocycles. The molecule has 6 heteroatoms. The van der Waals surface area contributed by atoms with Crippen molar-refractivity contribution in [3.63, 3.8) is 0 Å². The molecule has 0 aliphatic rings. The zero-order valence-corrected chi connectivity index (χ0v) is 15.6. The molecule has 3 N–H and O–H groups in total. The fraction of sp³-hybridized carbons (Fsp3) is 0.300. The molecule has 2 amide bonds. The fourth-order valence-corrected chi connectivity index (χ4v) is 2.57. The molecular formula is C20H27N4O2+. The van der Waals surface area contributed by atoms with Gasteiger partial charge in [-0.05, 0) is 31.2 Å². The molecule has 0 aromatic heterocycles. The number of hydrogen-bond acceptors (Lipinski definition) is 3. The molecule has 0 fully saturated rings. The van der Waals surface area contributed by atoms with E-state index in [0.29, 0.717) is 12.1 Å². The summed E-state index contributed by atoms with van der Waals surface area (Å²) >= 11 is 0. The maximum Gasteiger partial charge on any atom is 0.293 e. The molecule has 0 saturated heterocycles. The Hall–Kier alpha value is -2.86. The molecular weight excluding hydrogens is 328 g/mol. The van der Waals surface area contributed by atoms with Gasteiger partial charge in [-0.2, -0.15) is 0 Å². The quantitative estimate of drug-likeness (QED) is 0.638. The van der Waals surface area contributed by atoms with Gasteiger partial charge in [0.1, 0.15) is 6.54 Å². The van der Waals surface area contributed by atoms with E-state index in [1.54, 1.807) is 24.3 Å². The van der Waals surface area contributed by atoms with Crippen LogP contribution in [0.3, 0.4) is 0 Å². The second-order valence-electron chi connectivity index (χ2n) is 6.39. The predicted molar refractivity (Wildman–Crippen MR) is 103 cm³/mol. The average molecular weight is 355 g/mol. The largest absolute Gasteiger partial charge is 0.378 e. The number of nitrogens with zero attached hydrogens (tertiary/aromatic N) is 1. The molecule has 0 aliphatic carbocycles. The van der Waals surface area contributed by atoms with Crippen LogP contribution in [0.15, 0.2) is 54.6 Å². The first-order chi connectivity index (χ1) is 12.5. The lowest BCUT2D eigenvalue weighted by Gasteiger charge is -2.18. The predicted octanol–water partition coefficient (Wildman–Crippen LogP) is 0.619. The van der Waals surface area contributed by atoms with Gasteiger partial charge in [-0.1, -0.05) is 30.3 Å². The number of anilines is 1. The summed E-state index contributed by atoms with van der Waals surface area (Å²) in [5.41, 5.74) is 7.77. The van der Waals surface area contributed by atoms with Gasteiger partial charge in [-0.25, -0.2) is 0 Å². The highest BCUT2D eigenvalue weighted by Gasteiger charge is 2.14. The molecule has 1 unspecified atom stereocenters. The monoisotopic (exact) mass is 355 g/mol. The standard InChI is InChI=1S/C20H26N4O2/c1-4-24(14-16-10-12-18(13-11-16)23(2)3)15-19(25)21-22-20(26)17-8-6-5-7-9-17/h5-13H,4,14-15H2,1-3H3,(H,21,25)(H,22,26)/p+1. The number of quaternary nitrogens is 1. The van der Waals surface area contributed by atoms with Crippen molar-refractivity contribution < 1.29 is 14.5 Å². The fourth-order valence-electron chi connectivity index (χ4n) is 2.57. The maximum absolute atomic E-state index is 12.1. The molecule has 0 spiro atoms. The molecule has 6 nitrogen and oxygen atoms in total. The molecule has 0 heterocycles. The van der Waals surface area contributed by atoms with E-state index < -0.39 is 0 Å². The van der Waals surface area contributed by atoms with Crippen LogP contribution in [0.4, 0.5) is 5.69 Å². The number of benzene rings is 2. The Labute approximate surface area is 154 Å². The molecule has 0 radical (unpaired) electrons. The van der Waals surface area contributed by atoms with E-state index in [1.807, 2.05) is 27.1 Å². The minimum absolute atomic E-state index is 0.212. The second kappa shape index (κ2) is 9.58. The van der Waals surface area contributed by atoms with Crippen LogP contribution in [0, 0.1) is 0 Å². The normalized spacial score (nSPS) is 11.5. The number of likely N-dealkylation sites (N-methyl/N-ethyl adjacent to an activating group) is 1. The summed E-state index contributed by atoms with van der Waals surface area (Å²) in [4.78, 5) is 27.2. The van der Waals surface area contributed by atoms with Crippen LogP contribution in [0.1, 0.15) is 22.8 Å². The van der Waals surface area contributed by atoms with Crippen molar-refractivity contribution >= 4 is 17.5 Å². The number of hydrogen-bond donors (Lipinski definition) is 3. The molecule has 2 aromatic rings. The minimum atomic E-state index is -0.323. The van der Waals surface area contributed by atoms with E-state index in [2.05, 4.69) is 40.0 Å². The van der Waals surface area contributed by atoms with Crippen LogP contribution in [0.5, 0.6) is 0 Å². The summed E-state index contributed by atoms with van der Waals surface area (Å²) in [6.45, 7) is 3.90. The highest BCUT2D eigenvalue weighted by molar-refractivity contribution is 5.95. The highest BCUT2D eigenvalue weighted by Crippen LogP contribution is 2.11. The molecule has 1 atom stereocenters. The SMILES string of the molecule is CC[NH+](CC(=O)NNC(=O)c1ccccc1)Cc1ccc(N(C)C)cc1. The number of hydrazine groups is 1. The first-order valence-corrected chi connectivity index (χ1v) is 8.73. The lowest BCUT2D eigenvalue weighted by Crippen LogP contribution is -3.11. The summed E-state index contributed by atoms with van der Waals surface area (Å²) in [6, 6.07) is 17.1. The topological polar surface area (TPSA) is 65.9 Å². The number of nitrogens with one attached hydrogen (secondary N) is 3. The summed E-state index contributed by atoms with van der Waals surface area (Å²) < 4.78 is 0. The highest BCUT2D eigenvalue weighted by atomic mass is 16.2. The van der Waals surface area contributed by atoms with Gasteiger partial charge in [0, 0.05) is 30.9 Å². The summed E-state index contributed by atoms with van der Waals surface area (Å²) in [5.74, 6) is -0.535. The minimum Gasteiger partial charge on any atom is -0.378 e. The lowest BCUT2D eigenvalue weighted by atomic mass is 10.2. The number of amides is 2. The summed E-state index contributed by atoms with van der Waals surface area (Å²) in [5, 5.41) is 0. The van der Waals surface area contributed by atoms with Crippen molar-refractivity contribution in [3.05, 3.63) is 65.7 Å². The third-order valence-corrected chi connectivity index (χ3v) is 4.17. The van der Waals surface area contributed by atoms with Crippen LogP contribution in [-0.4, -0.2) is 39.0 Å². The molecule has 0 aliphatic heterocycles. The number of rotatable bonds is 7. The molecule has 2 rings (SSSR count). The van der Waals surface area contributed by atoms with Crippen LogP contribution in [-0.2, 0) is 11.3 Å². The number of carbonyl (C=O) groups is 2. The first kappa shape index (κ1) is 19.5. The van der Waals surface area contributed by atoms with E-state index in [9.17, 15) is 9.59 Å². The first-order valence-electron chi connectivity index (χ1n) is 8.73. The Morgan fingerprint density at radius 2 is 1.62 bits per heavy atom. The van der Waals surface area contributed by atoms with Gasteiger partial charge in [0.2, 0.25) is 0 Å². The van der Waals surface area contributed by atoms with Crippen LogP contribution in [0.25, 0.3) is 0 Å². The Morgan fingerprint density at radius 1 is 0.962 bits per heavy atom. The summed E-state index contributed by atoms with van der Waals surface area (Å²) in [6.07, 6.45) is 0. The molecule has 26 heavy (non-hydrogen) atoms. The van der Waals surface area contributed by atoms with Gasteiger partial charge in [-0.3, -0.25) is 20.4 Å². The van der Waals surface area contributed by atoms with Crippen molar-refractivity contribution in [1.82, 2.24) is 10.9 Å². The van der Waals surface area contributed by atoms with Gasteiger partial charge < -0.3 is 9.80 Å². The van der Waals surface area contributed by atoms with Crippen molar-refractivity contribution in [2.75, 3.05) is 32.1 Å². The van der Waals surface area contributed by atoms with Gasteiger partial charge in [0.15, 0.2) is 6.54 Å².